The first-order valence-electron chi connectivity index (χ1n) is 10.3. The predicted molar refractivity (Wildman–Crippen MR) is 137 cm³/mol. The van der Waals surface area contributed by atoms with Gasteiger partial charge in [0.2, 0.25) is 5.91 Å². The molecule has 4 nitrogen and oxygen atoms in total. The van der Waals surface area contributed by atoms with Crippen LogP contribution in [0.25, 0.3) is 0 Å². The van der Waals surface area contributed by atoms with E-state index in [0.29, 0.717) is 15.6 Å². The van der Waals surface area contributed by atoms with Crippen LogP contribution in [0, 0.1) is 11.7 Å². The van der Waals surface area contributed by atoms with Gasteiger partial charge in [-0.15, -0.1) is 23.2 Å². The van der Waals surface area contributed by atoms with E-state index in [1.165, 1.54) is 24.3 Å². The largest absolute Gasteiger partial charge is 0.418 e. The Morgan fingerprint density at radius 3 is 2.14 bits per heavy atom. The van der Waals surface area contributed by atoms with Gasteiger partial charge in [-0.05, 0) is 60.2 Å². The summed E-state index contributed by atoms with van der Waals surface area (Å²) >= 11 is 30.8. The molecule has 0 aromatic heterocycles. The standard InChI is InChI=1S/C24H13Cl5F4N2O2/c25-11-5-10(6-12(26)7-11)19-20(23(19,28)29)22(37)34-14-2-3-17(27)15(9-14)21(36)35-18-4-1-13(30)8-16(18)24(31,32)33/h1-9,19-20H,(H,34,37)(H,35,36). The highest BCUT2D eigenvalue weighted by Gasteiger charge is 2.67. The highest BCUT2D eigenvalue weighted by molar-refractivity contribution is 6.53. The van der Waals surface area contributed by atoms with Gasteiger partial charge >= 0.3 is 6.18 Å². The predicted octanol–water partition coefficient (Wildman–Crippen LogP) is 8.58. The van der Waals surface area contributed by atoms with Gasteiger partial charge in [0.15, 0.2) is 0 Å². The molecule has 0 aliphatic heterocycles. The molecular formula is C24H13Cl5F4N2O2. The van der Waals surface area contributed by atoms with Crippen molar-refractivity contribution >= 4 is 81.2 Å². The Labute approximate surface area is 232 Å². The van der Waals surface area contributed by atoms with Crippen LogP contribution in [-0.4, -0.2) is 16.1 Å². The third-order valence-corrected chi connectivity index (χ3v) is 7.30. The van der Waals surface area contributed by atoms with E-state index in [1.807, 2.05) is 0 Å². The smallest absolute Gasteiger partial charge is 0.326 e. The van der Waals surface area contributed by atoms with Gasteiger partial charge in [0.1, 0.15) is 10.2 Å². The Bertz CT molecular complexity index is 1390. The molecule has 2 amide bonds. The molecule has 1 saturated carbocycles. The molecule has 13 heteroatoms. The summed E-state index contributed by atoms with van der Waals surface area (Å²) in [5.41, 5.74) is -1.62. The van der Waals surface area contributed by atoms with Crippen LogP contribution in [0.3, 0.4) is 0 Å². The topological polar surface area (TPSA) is 58.2 Å². The van der Waals surface area contributed by atoms with Crippen molar-refractivity contribution < 1.29 is 27.2 Å². The number of hydrogen-bond donors (Lipinski definition) is 2. The molecule has 2 N–H and O–H groups in total. The summed E-state index contributed by atoms with van der Waals surface area (Å²) in [5, 5.41) is 5.22. The van der Waals surface area contributed by atoms with Crippen LogP contribution in [0.15, 0.2) is 54.6 Å². The van der Waals surface area contributed by atoms with Crippen molar-refractivity contribution in [3.8, 4) is 0 Å². The first kappa shape index (κ1) is 27.8. The van der Waals surface area contributed by atoms with Crippen LogP contribution in [0.2, 0.25) is 15.1 Å². The number of nitrogens with one attached hydrogen (secondary N) is 2. The molecule has 37 heavy (non-hydrogen) atoms. The van der Waals surface area contributed by atoms with Crippen LogP contribution in [0.1, 0.15) is 27.4 Å². The Morgan fingerprint density at radius 1 is 0.865 bits per heavy atom. The van der Waals surface area contributed by atoms with E-state index in [4.69, 9.17) is 58.0 Å². The summed E-state index contributed by atoms with van der Waals surface area (Å²) < 4.78 is 51.8. The van der Waals surface area contributed by atoms with Crippen molar-refractivity contribution in [3.63, 3.8) is 0 Å². The molecule has 2 unspecified atom stereocenters. The van der Waals surface area contributed by atoms with Gasteiger partial charge in [-0.2, -0.15) is 13.2 Å². The summed E-state index contributed by atoms with van der Waals surface area (Å²) in [6.07, 6.45) is -4.92. The Morgan fingerprint density at radius 2 is 1.51 bits per heavy atom. The fraction of sp³-hybridized carbons (Fsp3) is 0.167. The van der Waals surface area contributed by atoms with Crippen LogP contribution >= 0.6 is 58.0 Å². The highest BCUT2D eigenvalue weighted by Crippen LogP contribution is 2.65. The highest BCUT2D eigenvalue weighted by atomic mass is 35.5. The fourth-order valence-corrected chi connectivity index (χ4v) is 5.44. The molecule has 194 valence electrons. The maximum atomic E-state index is 13.4. The van der Waals surface area contributed by atoms with Crippen LogP contribution in [-0.2, 0) is 11.0 Å². The van der Waals surface area contributed by atoms with Crippen molar-refractivity contribution in [2.24, 2.45) is 5.92 Å². The molecule has 1 fully saturated rings. The molecule has 1 aliphatic carbocycles. The van der Waals surface area contributed by atoms with Crippen LogP contribution < -0.4 is 10.6 Å². The number of alkyl halides is 5. The Kier molecular flexibility index (Phi) is 7.63. The minimum Gasteiger partial charge on any atom is -0.326 e. The third kappa shape index (κ3) is 5.94. The van der Waals surface area contributed by atoms with E-state index >= 15 is 0 Å². The lowest BCUT2D eigenvalue weighted by Crippen LogP contribution is -2.19. The van der Waals surface area contributed by atoms with Gasteiger partial charge in [0, 0.05) is 21.7 Å². The normalized spacial score (nSPS) is 18.3. The van der Waals surface area contributed by atoms with E-state index in [9.17, 15) is 27.2 Å². The quantitative estimate of drug-likeness (QED) is 0.223. The minimum absolute atomic E-state index is 0.104. The van der Waals surface area contributed by atoms with Crippen molar-refractivity contribution in [1.29, 1.82) is 0 Å². The maximum Gasteiger partial charge on any atom is 0.418 e. The van der Waals surface area contributed by atoms with Crippen molar-refractivity contribution in [2.75, 3.05) is 10.6 Å². The number of hydrogen-bond acceptors (Lipinski definition) is 2. The minimum atomic E-state index is -4.92. The SMILES string of the molecule is O=C(Nc1ccc(F)cc1C(F)(F)F)c1cc(NC(=O)C2C(c3cc(Cl)cc(Cl)c3)C2(Cl)Cl)ccc1Cl. The van der Waals surface area contributed by atoms with Gasteiger partial charge in [-0.1, -0.05) is 34.8 Å². The molecule has 0 saturated heterocycles. The lowest BCUT2D eigenvalue weighted by atomic mass is 10.1. The summed E-state index contributed by atoms with van der Waals surface area (Å²) in [6.45, 7) is 0. The number of halogens is 9. The summed E-state index contributed by atoms with van der Waals surface area (Å²) in [4.78, 5) is 25.7. The van der Waals surface area contributed by atoms with Gasteiger partial charge in [-0.25, -0.2) is 4.39 Å². The Hall–Kier alpha value is -2.23. The average molecular weight is 615 g/mol. The van der Waals surface area contributed by atoms with Crippen molar-refractivity contribution in [1.82, 2.24) is 0 Å². The second-order valence-electron chi connectivity index (χ2n) is 8.16. The molecule has 0 heterocycles. The van der Waals surface area contributed by atoms with Gasteiger partial charge in [0.25, 0.3) is 5.91 Å². The first-order chi connectivity index (χ1) is 17.2. The lowest BCUT2D eigenvalue weighted by molar-refractivity contribution is -0.137. The third-order valence-electron chi connectivity index (χ3n) is 5.59. The average Bonchev–Trinajstić information content (AvgIpc) is 3.37. The second-order valence-corrected chi connectivity index (χ2v) is 10.9. The molecule has 0 spiro atoms. The van der Waals surface area contributed by atoms with Crippen LogP contribution in [0.4, 0.5) is 28.9 Å². The Balaban J connectivity index is 1.54. The summed E-state index contributed by atoms with van der Waals surface area (Å²) in [5.74, 6) is -4.24. The number of benzene rings is 3. The van der Waals surface area contributed by atoms with E-state index < -0.39 is 51.2 Å². The molecule has 4 rings (SSSR count). The summed E-state index contributed by atoms with van der Waals surface area (Å²) in [6, 6.07) is 10.3. The number of rotatable bonds is 5. The zero-order chi connectivity index (χ0) is 27.3. The molecule has 1 aliphatic rings. The molecule has 3 aromatic rings. The monoisotopic (exact) mass is 612 g/mol. The second kappa shape index (κ2) is 10.2. The van der Waals surface area contributed by atoms with Gasteiger partial charge in [-0.3, -0.25) is 9.59 Å². The van der Waals surface area contributed by atoms with E-state index in [0.717, 1.165) is 12.1 Å². The number of carbonyl (C=O) groups is 2. The molecule has 0 radical (unpaired) electrons. The van der Waals surface area contributed by atoms with E-state index in [-0.39, 0.29) is 22.3 Å². The maximum absolute atomic E-state index is 13.4. The fourth-order valence-electron chi connectivity index (χ4n) is 3.87. The van der Waals surface area contributed by atoms with Crippen molar-refractivity contribution in [2.45, 2.75) is 16.4 Å². The molecule has 0 bridgehead atoms. The number of carbonyl (C=O) groups excluding carboxylic acids is 2. The summed E-state index contributed by atoms with van der Waals surface area (Å²) in [7, 11) is 0. The lowest BCUT2D eigenvalue weighted by Gasteiger charge is -2.15. The molecule has 2 atom stereocenters. The van der Waals surface area contributed by atoms with Crippen LogP contribution in [0.5, 0.6) is 0 Å². The zero-order valence-electron chi connectivity index (χ0n) is 18.1. The van der Waals surface area contributed by atoms with E-state index in [2.05, 4.69) is 10.6 Å². The number of anilines is 2. The van der Waals surface area contributed by atoms with Gasteiger partial charge in [0.05, 0.1) is 27.8 Å². The number of amides is 2. The van der Waals surface area contributed by atoms with Gasteiger partial charge < -0.3 is 10.6 Å². The molecular weight excluding hydrogens is 602 g/mol. The zero-order valence-corrected chi connectivity index (χ0v) is 21.8. The van der Waals surface area contributed by atoms with E-state index in [1.54, 1.807) is 12.1 Å². The first-order valence-corrected chi connectivity index (χ1v) is 12.2. The molecule has 3 aromatic carbocycles. The van der Waals surface area contributed by atoms with Crippen molar-refractivity contribution in [3.05, 3.63) is 92.2 Å².